The lowest BCUT2D eigenvalue weighted by molar-refractivity contribution is -0.155. The molecule has 4 nitrogen and oxygen atoms in total. The molecular formula is C16H22F3NO3. The molecule has 0 fully saturated rings. The third kappa shape index (κ3) is 5.74. The molecule has 0 saturated carbocycles. The molecule has 3 atom stereocenters. The maximum absolute atomic E-state index is 12.5. The van der Waals surface area contributed by atoms with E-state index < -0.39 is 36.0 Å². The fourth-order valence-electron chi connectivity index (χ4n) is 2.01. The molecule has 1 aromatic carbocycles. The molecule has 130 valence electrons. The Morgan fingerprint density at radius 1 is 1.09 bits per heavy atom. The molecule has 0 saturated heterocycles. The minimum absolute atomic E-state index is 0.0202. The molecule has 2 N–H and O–H groups in total. The van der Waals surface area contributed by atoms with Gasteiger partial charge in [0.2, 0.25) is 0 Å². The number of carbonyl (C=O) groups excluding carboxylic acids is 1. The van der Waals surface area contributed by atoms with E-state index in [0.29, 0.717) is 0 Å². The first-order valence-electron chi connectivity index (χ1n) is 7.32. The van der Waals surface area contributed by atoms with E-state index in [1.54, 1.807) is 6.92 Å². The fraction of sp³-hybridized carbons (Fsp3) is 0.562. The van der Waals surface area contributed by atoms with Crippen molar-refractivity contribution in [2.45, 2.75) is 52.1 Å². The van der Waals surface area contributed by atoms with E-state index in [0.717, 1.165) is 12.1 Å². The molecule has 7 heteroatoms. The van der Waals surface area contributed by atoms with Gasteiger partial charge >= 0.3 is 12.1 Å². The Bertz CT molecular complexity index is 512. The van der Waals surface area contributed by atoms with Crippen LogP contribution in [-0.2, 0) is 15.7 Å². The summed E-state index contributed by atoms with van der Waals surface area (Å²) in [6.45, 7) is 6.90. The molecule has 0 bridgehead atoms. The molecular weight excluding hydrogens is 311 g/mol. The number of carbonyl (C=O) groups is 1. The lowest BCUT2D eigenvalue weighted by Gasteiger charge is -2.28. The van der Waals surface area contributed by atoms with E-state index in [-0.39, 0.29) is 11.7 Å². The van der Waals surface area contributed by atoms with Crippen LogP contribution < -0.4 is 10.5 Å². The van der Waals surface area contributed by atoms with E-state index in [1.807, 2.05) is 13.8 Å². The first-order chi connectivity index (χ1) is 10.5. The summed E-state index contributed by atoms with van der Waals surface area (Å²) >= 11 is 0. The lowest BCUT2D eigenvalue weighted by Crippen LogP contribution is -2.41. The lowest BCUT2D eigenvalue weighted by atomic mass is 10.0. The number of nitrogens with two attached hydrogens (primary N) is 1. The van der Waals surface area contributed by atoms with E-state index in [2.05, 4.69) is 0 Å². The Labute approximate surface area is 133 Å². The normalized spacial score (nSPS) is 15.9. The molecule has 0 aliphatic heterocycles. The molecule has 0 aromatic heterocycles. The van der Waals surface area contributed by atoms with Crippen molar-refractivity contribution in [2.75, 3.05) is 0 Å². The molecule has 0 radical (unpaired) electrons. The number of hydrogen-bond acceptors (Lipinski definition) is 4. The fourth-order valence-corrected chi connectivity index (χ4v) is 2.01. The van der Waals surface area contributed by atoms with Crippen molar-refractivity contribution in [3.8, 4) is 5.75 Å². The highest BCUT2D eigenvalue weighted by Crippen LogP contribution is 2.31. The van der Waals surface area contributed by atoms with Crippen LogP contribution in [0.25, 0.3) is 0 Å². The third-order valence-electron chi connectivity index (χ3n) is 3.25. The van der Waals surface area contributed by atoms with Gasteiger partial charge in [0.1, 0.15) is 24.0 Å². The maximum atomic E-state index is 12.5. The SMILES string of the molecule is CC(C)[C@@H](Oc1ccc(C(F)(F)F)cc1)[C@H](C)OC(=O)[C@H](C)N. The summed E-state index contributed by atoms with van der Waals surface area (Å²) < 4.78 is 48.6. The number of rotatable bonds is 6. The summed E-state index contributed by atoms with van der Waals surface area (Å²) in [5, 5.41) is 0. The topological polar surface area (TPSA) is 61.5 Å². The Balaban J connectivity index is 2.82. The summed E-state index contributed by atoms with van der Waals surface area (Å²) in [5.74, 6) is -0.298. The molecule has 0 aliphatic carbocycles. The second-order valence-corrected chi connectivity index (χ2v) is 5.78. The van der Waals surface area contributed by atoms with Crippen molar-refractivity contribution in [3.05, 3.63) is 29.8 Å². The second-order valence-electron chi connectivity index (χ2n) is 5.78. The average Bonchev–Trinajstić information content (AvgIpc) is 2.43. The Morgan fingerprint density at radius 2 is 1.61 bits per heavy atom. The molecule has 0 amide bonds. The summed E-state index contributed by atoms with van der Waals surface area (Å²) in [5.41, 5.74) is 4.70. The van der Waals surface area contributed by atoms with Crippen LogP contribution in [0.3, 0.4) is 0 Å². The van der Waals surface area contributed by atoms with Crippen LogP contribution in [0.15, 0.2) is 24.3 Å². The number of halogens is 3. The highest BCUT2D eigenvalue weighted by molar-refractivity contribution is 5.75. The first-order valence-corrected chi connectivity index (χ1v) is 7.32. The van der Waals surface area contributed by atoms with Crippen molar-refractivity contribution < 1.29 is 27.4 Å². The van der Waals surface area contributed by atoms with E-state index in [1.165, 1.54) is 19.1 Å². The number of ether oxygens (including phenoxy) is 2. The van der Waals surface area contributed by atoms with Crippen molar-refractivity contribution in [1.29, 1.82) is 0 Å². The highest BCUT2D eigenvalue weighted by Gasteiger charge is 2.31. The van der Waals surface area contributed by atoms with Crippen LogP contribution in [0.5, 0.6) is 5.75 Å². The van der Waals surface area contributed by atoms with Crippen LogP contribution in [-0.4, -0.2) is 24.2 Å². The Kier molecular flexibility index (Phi) is 6.44. The van der Waals surface area contributed by atoms with E-state index in [9.17, 15) is 18.0 Å². The highest BCUT2D eigenvalue weighted by atomic mass is 19.4. The zero-order valence-corrected chi connectivity index (χ0v) is 13.6. The summed E-state index contributed by atoms with van der Waals surface area (Å²) in [7, 11) is 0. The number of hydrogen-bond donors (Lipinski definition) is 1. The summed E-state index contributed by atoms with van der Waals surface area (Å²) in [6.07, 6.45) is -5.49. The third-order valence-corrected chi connectivity index (χ3v) is 3.25. The monoisotopic (exact) mass is 333 g/mol. The van der Waals surface area contributed by atoms with Crippen molar-refractivity contribution in [1.82, 2.24) is 0 Å². The van der Waals surface area contributed by atoms with Gasteiger partial charge in [-0.3, -0.25) is 4.79 Å². The van der Waals surface area contributed by atoms with Crippen LogP contribution in [0.1, 0.15) is 33.3 Å². The van der Waals surface area contributed by atoms with Gasteiger partial charge in [0.15, 0.2) is 0 Å². The quantitative estimate of drug-likeness (QED) is 0.811. The molecule has 0 aliphatic rings. The molecule has 23 heavy (non-hydrogen) atoms. The average molecular weight is 333 g/mol. The van der Waals surface area contributed by atoms with Crippen molar-refractivity contribution in [2.24, 2.45) is 11.7 Å². The van der Waals surface area contributed by atoms with E-state index >= 15 is 0 Å². The van der Waals surface area contributed by atoms with Gasteiger partial charge in [-0.15, -0.1) is 0 Å². The second kappa shape index (κ2) is 7.68. The van der Waals surface area contributed by atoms with E-state index in [4.69, 9.17) is 15.2 Å². The minimum atomic E-state index is -4.39. The largest absolute Gasteiger partial charge is 0.486 e. The smallest absolute Gasteiger partial charge is 0.416 e. The van der Waals surface area contributed by atoms with Gasteiger partial charge in [0, 0.05) is 0 Å². The Morgan fingerprint density at radius 3 is 2.00 bits per heavy atom. The summed E-state index contributed by atoms with van der Waals surface area (Å²) in [4.78, 5) is 11.6. The van der Waals surface area contributed by atoms with Crippen LogP contribution >= 0.6 is 0 Å². The van der Waals surface area contributed by atoms with Crippen molar-refractivity contribution >= 4 is 5.97 Å². The molecule has 1 rings (SSSR count). The molecule has 0 spiro atoms. The first kappa shape index (κ1) is 19.3. The number of esters is 1. The molecule has 0 unspecified atom stereocenters. The van der Waals surface area contributed by atoms with Gasteiger partial charge in [-0.1, -0.05) is 13.8 Å². The summed E-state index contributed by atoms with van der Waals surface area (Å²) in [6, 6.07) is 3.64. The van der Waals surface area contributed by atoms with Gasteiger partial charge in [0.05, 0.1) is 5.56 Å². The predicted molar refractivity (Wildman–Crippen MR) is 79.9 cm³/mol. The number of benzene rings is 1. The van der Waals surface area contributed by atoms with Crippen LogP contribution in [0.2, 0.25) is 0 Å². The van der Waals surface area contributed by atoms with Gasteiger partial charge in [-0.05, 0) is 44.0 Å². The van der Waals surface area contributed by atoms with Crippen LogP contribution in [0.4, 0.5) is 13.2 Å². The van der Waals surface area contributed by atoms with Gasteiger partial charge in [-0.2, -0.15) is 13.2 Å². The standard InChI is InChI=1S/C16H22F3NO3/c1-9(2)14(11(4)22-15(21)10(3)20)23-13-7-5-12(6-8-13)16(17,18)19/h5-11,14H,20H2,1-4H3/t10-,11-,14+/m0/s1. The predicted octanol–water partition coefficient (Wildman–Crippen LogP) is 3.39. The van der Waals surface area contributed by atoms with Gasteiger partial charge in [0.25, 0.3) is 0 Å². The molecule has 0 heterocycles. The van der Waals surface area contributed by atoms with Gasteiger partial charge < -0.3 is 15.2 Å². The number of alkyl halides is 3. The Hall–Kier alpha value is -1.76. The van der Waals surface area contributed by atoms with Crippen LogP contribution in [0, 0.1) is 5.92 Å². The zero-order valence-electron chi connectivity index (χ0n) is 13.6. The maximum Gasteiger partial charge on any atom is 0.416 e. The molecule has 1 aromatic rings. The minimum Gasteiger partial charge on any atom is -0.486 e. The van der Waals surface area contributed by atoms with Gasteiger partial charge in [-0.25, -0.2) is 0 Å². The zero-order chi connectivity index (χ0) is 17.8. The van der Waals surface area contributed by atoms with Crippen molar-refractivity contribution in [3.63, 3.8) is 0 Å².